The Morgan fingerprint density at radius 2 is 1.74 bits per heavy atom. The first-order valence-electron chi connectivity index (χ1n) is 13.1. The van der Waals surface area contributed by atoms with Crippen molar-refractivity contribution in [3.8, 4) is 5.75 Å². The molecule has 4 rings (SSSR count). The van der Waals surface area contributed by atoms with Crippen molar-refractivity contribution < 1.29 is 18.3 Å². The number of nitrogens with zero attached hydrogens (tertiary/aromatic N) is 3. The number of hydrogen-bond donors (Lipinski definition) is 2. The maximum absolute atomic E-state index is 14.1. The van der Waals surface area contributed by atoms with Gasteiger partial charge in [0.25, 0.3) is 5.91 Å². The van der Waals surface area contributed by atoms with E-state index in [4.69, 9.17) is 9.72 Å². The Morgan fingerprint density at radius 1 is 1.02 bits per heavy atom. The van der Waals surface area contributed by atoms with Crippen molar-refractivity contribution >= 4 is 45.5 Å². The van der Waals surface area contributed by atoms with Gasteiger partial charge in [0.1, 0.15) is 29.6 Å². The largest absolute Gasteiger partial charge is 0.492 e. The van der Waals surface area contributed by atoms with E-state index in [0.717, 1.165) is 46.2 Å². The van der Waals surface area contributed by atoms with Gasteiger partial charge in [0.2, 0.25) is 5.95 Å². The first-order valence-corrected chi connectivity index (χ1v) is 14.0. The van der Waals surface area contributed by atoms with Gasteiger partial charge in [-0.3, -0.25) is 4.79 Å². The van der Waals surface area contributed by atoms with Crippen molar-refractivity contribution in [2.24, 2.45) is 0 Å². The van der Waals surface area contributed by atoms with Gasteiger partial charge in [0, 0.05) is 35.1 Å². The van der Waals surface area contributed by atoms with Crippen molar-refractivity contribution in [1.29, 1.82) is 0 Å². The maximum atomic E-state index is 14.1. The van der Waals surface area contributed by atoms with Crippen LogP contribution >= 0.6 is 11.8 Å². The third-order valence-electron chi connectivity index (χ3n) is 6.07. The Bertz CT molecular complexity index is 1590. The summed E-state index contributed by atoms with van der Waals surface area (Å²) in [6, 6.07) is 19.7. The molecule has 1 heterocycles. The summed E-state index contributed by atoms with van der Waals surface area (Å²) in [5, 5.41) is 7.53. The van der Waals surface area contributed by atoms with Gasteiger partial charge < -0.3 is 20.3 Å². The van der Waals surface area contributed by atoms with E-state index < -0.39 is 23.1 Å². The number of ether oxygens (including phenoxy) is 1. The summed E-state index contributed by atoms with van der Waals surface area (Å²) in [5.41, 5.74) is 2.83. The highest BCUT2D eigenvalue weighted by molar-refractivity contribution is 8.11. The number of benzene rings is 3. The van der Waals surface area contributed by atoms with Crippen LogP contribution in [0.2, 0.25) is 0 Å². The van der Waals surface area contributed by atoms with E-state index in [1.54, 1.807) is 35.9 Å². The molecule has 2 N–H and O–H groups in total. The van der Waals surface area contributed by atoms with Crippen LogP contribution in [0.15, 0.2) is 91.0 Å². The molecule has 0 unspecified atom stereocenters. The smallest absolute Gasteiger partial charge is 0.261 e. The summed E-state index contributed by atoms with van der Waals surface area (Å²) in [6.07, 6.45) is 1.67. The summed E-state index contributed by atoms with van der Waals surface area (Å²) in [5.74, 6) is -1.59. The van der Waals surface area contributed by atoms with E-state index in [-0.39, 0.29) is 0 Å². The van der Waals surface area contributed by atoms with Crippen LogP contribution in [-0.4, -0.2) is 48.0 Å². The molecule has 7 nitrogen and oxygen atoms in total. The molecule has 0 saturated carbocycles. The minimum Gasteiger partial charge on any atom is -0.492 e. The molecule has 0 aliphatic rings. The molecule has 1 amide bonds. The Labute approximate surface area is 248 Å². The summed E-state index contributed by atoms with van der Waals surface area (Å²) in [4.78, 5) is 24.6. The number of anilines is 3. The first-order chi connectivity index (χ1) is 20.2. The van der Waals surface area contributed by atoms with E-state index in [1.807, 2.05) is 51.4 Å². The summed E-state index contributed by atoms with van der Waals surface area (Å²) < 4.78 is 34.1. The highest BCUT2D eigenvalue weighted by Gasteiger charge is 2.18. The molecule has 0 aliphatic carbocycles. The second-order valence-electron chi connectivity index (χ2n) is 9.44. The maximum Gasteiger partial charge on any atom is 0.261 e. The lowest BCUT2D eigenvalue weighted by Crippen LogP contribution is -2.19. The van der Waals surface area contributed by atoms with Crippen LogP contribution in [0.4, 0.5) is 26.1 Å². The minimum atomic E-state index is -0.929. The third kappa shape index (κ3) is 8.02. The number of carbonyl (C=O) groups excluding carboxylic acids is 1. The lowest BCUT2D eigenvalue weighted by atomic mass is 10.0. The Balaban J connectivity index is 1.57. The number of amides is 1. The van der Waals surface area contributed by atoms with Crippen molar-refractivity contribution in [3.63, 3.8) is 0 Å². The van der Waals surface area contributed by atoms with Crippen molar-refractivity contribution in [2.75, 3.05) is 37.9 Å². The standard InChI is InChI=1S/C32H31F2N5O2S/c1-5-42-30(21(2)22-9-6-10-23(19-22)36-31(40)29-26(33)13-8-14-27(29)34)28-15-16-35-32(38-28)37-24-11-7-12-25(20-24)41-18-17-39(3)4/h5-16,19-20H,1,17-18H2,2-4H3,(H,36,40)(H,35,37,38)/b30-21+. The van der Waals surface area contributed by atoms with E-state index in [1.165, 1.54) is 17.8 Å². The number of allylic oxidation sites excluding steroid dienone is 1. The van der Waals surface area contributed by atoms with Crippen molar-refractivity contribution in [2.45, 2.75) is 6.92 Å². The van der Waals surface area contributed by atoms with E-state index in [9.17, 15) is 13.6 Å². The third-order valence-corrected chi connectivity index (χ3v) is 6.99. The molecule has 4 aromatic rings. The van der Waals surface area contributed by atoms with Crippen LogP contribution in [0.1, 0.15) is 28.5 Å². The number of thioether (sulfide) groups is 1. The van der Waals surface area contributed by atoms with Gasteiger partial charge in [-0.05, 0) is 80.0 Å². The molecule has 0 spiro atoms. The van der Waals surface area contributed by atoms with Crippen LogP contribution in [0.5, 0.6) is 5.75 Å². The number of hydrogen-bond acceptors (Lipinski definition) is 7. The zero-order valence-electron chi connectivity index (χ0n) is 23.5. The van der Waals surface area contributed by atoms with Gasteiger partial charge in [-0.25, -0.2) is 18.7 Å². The second-order valence-corrected chi connectivity index (χ2v) is 10.4. The Hall–Kier alpha value is -4.54. The molecule has 42 heavy (non-hydrogen) atoms. The SMILES string of the molecule is C=CS/C(=C(\C)c1cccc(NC(=O)c2c(F)cccc2F)c1)c1ccnc(Nc2cccc(OCCN(C)C)c2)n1. The second kappa shape index (κ2) is 14.4. The average Bonchev–Trinajstić information content (AvgIpc) is 2.96. The molecule has 10 heteroatoms. The van der Waals surface area contributed by atoms with Crippen LogP contribution in [-0.2, 0) is 0 Å². The van der Waals surface area contributed by atoms with Crippen molar-refractivity contribution in [1.82, 2.24) is 14.9 Å². The first kappa shape index (κ1) is 30.4. The van der Waals surface area contributed by atoms with E-state index >= 15 is 0 Å². The molecule has 0 bridgehead atoms. The predicted molar refractivity (Wildman–Crippen MR) is 167 cm³/mol. The number of carbonyl (C=O) groups is 1. The number of rotatable bonds is 12. The zero-order valence-corrected chi connectivity index (χ0v) is 24.3. The topological polar surface area (TPSA) is 79.4 Å². The lowest BCUT2D eigenvalue weighted by Gasteiger charge is -2.14. The number of halogens is 2. The Kier molecular flexibility index (Phi) is 10.4. The van der Waals surface area contributed by atoms with Crippen LogP contribution in [0, 0.1) is 11.6 Å². The number of likely N-dealkylation sites (N-methyl/N-ethyl adjacent to an activating group) is 1. The fraction of sp³-hybridized carbons (Fsp3) is 0.156. The molecule has 0 radical (unpaired) electrons. The summed E-state index contributed by atoms with van der Waals surface area (Å²) >= 11 is 1.40. The fourth-order valence-electron chi connectivity index (χ4n) is 3.98. The summed E-state index contributed by atoms with van der Waals surface area (Å²) in [6.45, 7) is 7.16. The van der Waals surface area contributed by atoms with E-state index in [2.05, 4.69) is 27.1 Å². The number of aromatic nitrogens is 2. The minimum absolute atomic E-state index is 0.389. The van der Waals surface area contributed by atoms with Gasteiger partial charge in [-0.2, -0.15) is 0 Å². The molecule has 3 aromatic carbocycles. The highest BCUT2D eigenvalue weighted by Crippen LogP contribution is 2.36. The average molecular weight is 588 g/mol. The van der Waals surface area contributed by atoms with Gasteiger partial charge >= 0.3 is 0 Å². The van der Waals surface area contributed by atoms with Crippen molar-refractivity contribution in [3.05, 3.63) is 119 Å². The van der Waals surface area contributed by atoms with Crippen LogP contribution in [0.25, 0.3) is 10.5 Å². The van der Waals surface area contributed by atoms with Crippen LogP contribution in [0.3, 0.4) is 0 Å². The lowest BCUT2D eigenvalue weighted by molar-refractivity contribution is 0.101. The molecular formula is C32H31F2N5O2S. The number of nitrogens with one attached hydrogen (secondary N) is 2. The van der Waals surface area contributed by atoms with Gasteiger partial charge in [0.15, 0.2) is 0 Å². The quantitative estimate of drug-likeness (QED) is 0.178. The molecule has 0 aliphatic heterocycles. The van der Waals surface area contributed by atoms with E-state index in [0.29, 0.717) is 23.9 Å². The Morgan fingerprint density at radius 3 is 2.48 bits per heavy atom. The molecule has 0 atom stereocenters. The molecule has 0 saturated heterocycles. The predicted octanol–water partition coefficient (Wildman–Crippen LogP) is 7.46. The molecule has 1 aromatic heterocycles. The molecule has 0 fully saturated rings. The highest BCUT2D eigenvalue weighted by atomic mass is 32.2. The van der Waals surface area contributed by atoms with Gasteiger partial charge in [-0.15, -0.1) is 0 Å². The normalized spacial score (nSPS) is 11.6. The zero-order chi connectivity index (χ0) is 30.1. The van der Waals surface area contributed by atoms with Gasteiger partial charge in [-0.1, -0.05) is 42.6 Å². The van der Waals surface area contributed by atoms with Gasteiger partial charge in [0.05, 0.1) is 5.69 Å². The fourth-order valence-corrected chi connectivity index (χ4v) is 4.67. The molecule has 216 valence electrons. The van der Waals surface area contributed by atoms with Crippen LogP contribution < -0.4 is 15.4 Å². The molecular weight excluding hydrogens is 556 g/mol. The monoisotopic (exact) mass is 587 g/mol. The summed E-state index contributed by atoms with van der Waals surface area (Å²) in [7, 11) is 3.98.